The number of para-hydroxylation sites is 1. The number of fused-ring (bicyclic) bond motifs is 6. The summed E-state index contributed by atoms with van der Waals surface area (Å²) in [5.41, 5.74) is 2.49. The number of benzene rings is 2. The van der Waals surface area contributed by atoms with Gasteiger partial charge in [-0.2, -0.15) is 0 Å². The average molecular weight is 317 g/mol. The molecule has 0 radical (unpaired) electrons. The first-order valence-electron chi connectivity index (χ1n) is 7.67. The molecule has 0 bridgehead atoms. The molecule has 0 aliphatic rings. The van der Waals surface area contributed by atoms with Crippen molar-refractivity contribution in [2.75, 3.05) is 7.11 Å². The highest BCUT2D eigenvalue weighted by atomic mass is 16.5. The molecule has 0 saturated heterocycles. The van der Waals surface area contributed by atoms with E-state index in [9.17, 15) is 9.59 Å². The van der Waals surface area contributed by atoms with Crippen molar-refractivity contribution < 1.29 is 14.3 Å². The van der Waals surface area contributed by atoms with Gasteiger partial charge in [0.15, 0.2) is 5.78 Å². The van der Waals surface area contributed by atoms with Crippen LogP contribution in [0, 0.1) is 0 Å². The van der Waals surface area contributed by atoms with Crippen molar-refractivity contribution in [2.45, 2.75) is 6.92 Å². The summed E-state index contributed by atoms with van der Waals surface area (Å²) in [5, 5.41) is 3.00. The first-order valence-corrected chi connectivity index (χ1v) is 7.67. The van der Waals surface area contributed by atoms with E-state index in [0.717, 1.165) is 21.7 Å². The van der Waals surface area contributed by atoms with Gasteiger partial charge in [0.25, 0.3) is 0 Å². The number of carbonyl (C=O) groups excluding carboxylic acids is 2. The highest BCUT2D eigenvalue weighted by molar-refractivity contribution is 6.18. The molecule has 0 spiro atoms. The number of carbonyl (C=O) groups is 2. The molecule has 0 atom stereocenters. The molecule has 0 N–H and O–H groups in total. The first-order chi connectivity index (χ1) is 11.6. The Labute approximate surface area is 138 Å². The van der Waals surface area contributed by atoms with Crippen molar-refractivity contribution in [2.24, 2.45) is 0 Å². The number of rotatable bonds is 2. The smallest absolute Gasteiger partial charge is 0.340 e. The van der Waals surface area contributed by atoms with Crippen LogP contribution in [0.25, 0.3) is 27.2 Å². The lowest BCUT2D eigenvalue weighted by Gasteiger charge is -2.11. The van der Waals surface area contributed by atoms with E-state index in [0.29, 0.717) is 16.8 Å². The van der Waals surface area contributed by atoms with E-state index in [1.165, 1.54) is 14.0 Å². The van der Waals surface area contributed by atoms with Crippen LogP contribution < -0.4 is 0 Å². The van der Waals surface area contributed by atoms with E-state index < -0.39 is 5.97 Å². The lowest BCUT2D eigenvalue weighted by atomic mass is 10.0. The fourth-order valence-electron chi connectivity index (χ4n) is 3.37. The Hall–Kier alpha value is -3.14. The molecule has 24 heavy (non-hydrogen) atoms. The summed E-state index contributed by atoms with van der Waals surface area (Å²) in [5.74, 6) is -0.541. The number of hydrogen-bond donors (Lipinski definition) is 0. The number of nitrogens with zero attached hydrogens (tertiary/aromatic N) is 1. The zero-order valence-corrected chi connectivity index (χ0v) is 13.4. The van der Waals surface area contributed by atoms with E-state index in [1.807, 2.05) is 52.9 Å². The van der Waals surface area contributed by atoms with Crippen molar-refractivity contribution in [3.63, 3.8) is 0 Å². The zero-order chi connectivity index (χ0) is 16.8. The van der Waals surface area contributed by atoms with Gasteiger partial charge in [-0.15, -0.1) is 0 Å². The van der Waals surface area contributed by atoms with Crippen LogP contribution in [0.1, 0.15) is 27.8 Å². The number of aromatic nitrogens is 1. The van der Waals surface area contributed by atoms with E-state index in [-0.39, 0.29) is 5.78 Å². The van der Waals surface area contributed by atoms with Crippen LogP contribution in [-0.4, -0.2) is 23.3 Å². The maximum absolute atomic E-state index is 12.3. The number of pyridine rings is 1. The molecular formula is C20H15NO3. The molecule has 2 aromatic carbocycles. The van der Waals surface area contributed by atoms with Crippen LogP contribution in [-0.2, 0) is 4.74 Å². The van der Waals surface area contributed by atoms with Crippen LogP contribution in [0.15, 0.2) is 54.6 Å². The van der Waals surface area contributed by atoms with Crippen LogP contribution in [0.4, 0.5) is 0 Å². The third-order valence-corrected chi connectivity index (χ3v) is 4.38. The van der Waals surface area contributed by atoms with Crippen molar-refractivity contribution in [3.8, 4) is 0 Å². The van der Waals surface area contributed by atoms with Gasteiger partial charge in [-0.1, -0.05) is 42.5 Å². The molecule has 4 rings (SSSR count). The first kappa shape index (κ1) is 14.5. The van der Waals surface area contributed by atoms with Crippen molar-refractivity contribution in [1.29, 1.82) is 0 Å². The van der Waals surface area contributed by atoms with Gasteiger partial charge in [0.05, 0.1) is 29.4 Å². The minimum absolute atomic E-state index is 0.0967. The molecule has 4 heteroatoms. The molecule has 0 aliphatic heterocycles. The Balaban J connectivity index is 2.38. The second-order valence-electron chi connectivity index (χ2n) is 5.74. The Bertz CT molecular complexity index is 1140. The summed E-state index contributed by atoms with van der Waals surface area (Å²) < 4.78 is 6.80. The summed E-state index contributed by atoms with van der Waals surface area (Å²) in [7, 11) is 1.35. The van der Waals surface area contributed by atoms with Gasteiger partial charge in [-0.05, 0) is 17.5 Å². The standard InChI is InChI=1S/C20H15NO3/c1-12(22)18-11-16(20(23)24-2)19-15-9-4-3-7-13(15)14-8-5-6-10-17(14)21(18)19/h3-11H,1-2H3. The number of Topliss-reactive ketones (excluding diaryl/α,β-unsaturated/α-hetero) is 1. The lowest BCUT2D eigenvalue weighted by Crippen LogP contribution is -2.02. The maximum atomic E-state index is 12.3. The predicted molar refractivity (Wildman–Crippen MR) is 93.8 cm³/mol. The molecular weight excluding hydrogens is 302 g/mol. The molecule has 0 unspecified atom stereocenters. The second kappa shape index (κ2) is 5.20. The molecule has 0 saturated carbocycles. The van der Waals surface area contributed by atoms with Crippen LogP contribution in [0.2, 0.25) is 0 Å². The fourth-order valence-corrected chi connectivity index (χ4v) is 3.37. The second-order valence-corrected chi connectivity index (χ2v) is 5.74. The van der Waals surface area contributed by atoms with Gasteiger partial charge >= 0.3 is 5.97 Å². The topological polar surface area (TPSA) is 47.8 Å². The normalized spacial score (nSPS) is 11.2. The quantitative estimate of drug-likeness (QED) is 0.316. The average Bonchev–Trinajstić information content (AvgIpc) is 3.02. The molecule has 0 amide bonds. The van der Waals surface area contributed by atoms with Crippen LogP contribution in [0.5, 0.6) is 0 Å². The summed E-state index contributed by atoms with van der Waals surface area (Å²) in [6.07, 6.45) is 0. The molecule has 2 aromatic heterocycles. The van der Waals surface area contributed by atoms with Gasteiger partial charge in [-0.25, -0.2) is 4.79 Å². The molecule has 2 heterocycles. The van der Waals surface area contributed by atoms with Gasteiger partial charge < -0.3 is 9.14 Å². The fraction of sp³-hybridized carbons (Fsp3) is 0.100. The Morgan fingerprint density at radius 2 is 1.54 bits per heavy atom. The Morgan fingerprint density at radius 3 is 2.21 bits per heavy atom. The molecule has 4 aromatic rings. The molecule has 118 valence electrons. The third kappa shape index (κ3) is 1.86. The maximum Gasteiger partial charge on any atom is 0.340 e. The Morgan fingerprint density at radius 1 is 0.917 bits per heavy atom. The summed E-state index contributed by atoms with van der Waals surface area (Å²) >= 11 is 0. The van der Waals surface area contributed by atoms with Crippen LogP contribution in [0.3, 0.4) is 0 Å². The van der Waals surface area contributed by atoms with Crippen molar-refractivity contribution in [1.82, 2.24) is 4.40 Å². The van der Waals surface area contributed by atoms with Gasteiger partial charge in [0.1, 0.15) is 0 Å². The number of ketones is 1. The van der Waals surface area contributed by atoms with E-state index in [2.05, 4.69) is 0 Å². The SMILES string of the molecule is COC(=O)c1cc(C(C)=O)n2c3ccccc3c3ccccc3c12. The van der Waals surface area contributed by atoms with Gasteiger partial charge in [0, 0.05) is 17.7 Å². The van der Waals surface area contributed by atoms with E-state index >= 15 is 0 Å². The molecule has 0 aliphatic carbocycles. The molecule has 4 nitrogen and oxygen atoms in total. The highest BCUT2D eigenvalue weighted by Gasteiger charge is 2.22. The van der Waals surface area contributed by atoms with E-state index in [1.54, 1.807) is 6.07 Å². The van der Waals surface area contributed by atoms with Crippen molar-refractivity contribution in [3.05, 3.63) is 65.9 Å². The molecule has 0 fully saturated rings. The van der Waals surface area contributed by atoms with Crippen molar-refractivity contribution >= 4 is 38.9 Å². The highest BCUT2D eigenvalue weighted by Crippen LogP contribution is 2.33. The monoisotopic (exact) mass is 317 g/mol. The minimum Gasteiger partial charge on any atom is -0.465 e. The number of methoxy groups -OCH3 is 1. The number of hydrogen-bond acceptors (Lipinski definition) is 3. The van der Waals surface area contributed by atoms with Gasteiger partial charge in [-0.3, -0.25) is 4.79 Å². The number of ether oxygens (including phenoxy) is 1. The summed E-state index contributed by atoms with van der Waals surface area (Å²) in [6.45, 7) is 1.51. The zero-order valence-electron chi connectivity index (χ0n) is 13.4. The third-order valence-electron chi connectivity index (χ3n) is 4.38. The summed E-state index contributed by atoms with van der Waals surface area (Å²) in [6, 6.07) is 17.4. The van der Waals surface area contributed by atoms with E-state index in [4.69, 9.17) is 4.74 Å². The summed E-state index contributed by atoms with van der Waals surface area (Å²) in [4.78, 5) is 24.5. The Kier molecular flexibility index (Phi) is 3.13. The van der Waals surface area contributed by atoms with Crippen LogP contribution >= 0.6 is 0 Å². The lowest BCUT2D eigenvalue weighted by molar-refractivity contribution is 0.0603. The predicted octanol–water partition coefficient (Wildman–Crippen LogP) is 4.23. The van der Waals surface area contributed by atoms with Gasteiger partial charge in [0.2, 0.25) is 0 Å². The minimum atomic E-state index is -0.444. The largest absolute Gasteiger partial charge is 0.465 e. The number of esters is 1.